The number of carbonyl (C=O) groups is 1. The molecule has 198 valence electrons. The summed E-state index contributed by atoms with van der Waals surface area (Å²) in [5.74, 6) is -0.268. The summed E-state index contributed by atoms with van der Waals surface area (Å²) in [6.45, 7) is 3.47. The fraction of sp³-hybridized carbons (Fsp3) is 0.240. The zero-order valence-electron chi connectivity index (χ0n) is 20.7. The molecule has 3 aromatic rings. The van der Waals surface area contributed by atoms with E-state index in [2.05, 4.69) is 20.9 Å². The van der Waals surface area contributed by atoms with E-state index in [0.29, 0.717) is 37.6 Å². The standard InChI is InChI=1S/C25H22BrN3O8S/c1-5-37-24(32)21-12(2)27-25-28(22(21)14-10-18(35-3)19(36-4)11-15(14)26)23(31)20(38-25)9-13-6-7-17(30)16(8-13)29(33)34/h6-11,22,30H,5H2,1-4H3/b20-9-/t22-/m0/s1. The summed E-state index contributed by atoms with van der Waals surface area (Å²) in [5.41, 5.74) is 0.477. The Bertz CT molecular complexity index is 1670. The third kappa shape index (κ3) is 4.82. The van der Waals surface area contributed by atoms with Crippen molar-refractivity contribution in [3.05, 3.63) is 87.0 Å². The number of rotatable bonds is 7. The molecule has 0 fully saturated rings. The summed E-state index contributed by atoms with van der Waals surface area (Å²) in [4.78, 5) is 42.3. The van der Waals surface area contributed by atoms with E-state index >= 15 is 0 Å². The molecule has 1 aromatic heterocycles. The smallest absolute Gasteiger partial charge is 0.338 e. The second-order valence-electron chi connectivity index (χ2n) is 8.04. The lowest BCUT2D eigenvalue weighted by Gasteiger charge is -2.26. The van der Waals surface area contributed by atoms with Gasteiger partial charge >= 0.3 is 11.7 Å². The molecule has 0 bridgehead atoms. The van der Waals surface area contributed by atoms with Gasteiger partial charge in [0.1, 0.15) is 0 Å². The number of ether oxygens (including phenoxy) is 3. The first-order valence-corrected chi connectivity index (χ1v) is 12.8. The molecule has 1 aliphatic heterocycles. The molecule has 0 amide bonds. The maximum atomic E-state index is 13.8. The predicted octanol–water partition coefficient (Wildman–Crippen LogP) is 3.19. The van der Waals surface area contributed by atoms with Gasteiger partial charge in [-0.3, -0.25) is 19.5 Å². The summed E-state index contributed by atoms with van der Waals surface area (Å²) in [5, 5.41) is 21.0. The van der Waals surface area contributed by atoms with Gasteiger partial charge in [0.2, 0.25) is 0 Å². The highest BCUT2D eigenvalue weighted by Crippen LogP contribution is 2.40. The van der Waals surface area contributed by atoms with Gasteiger partial charge in [-0.25, -0.2) is 9.79 Å². The van der Waals surface area contributed by atoms with Crippen molar-refractivity contribution in [2.24, 2.45) is 4.99 Å². The van der Waals surface area contributed by atoms with E-state index in [1.165, 1.54) is 43.1 Å². The van der Waals surface area contributed by atoms with E-state index in [1.54, 1.807) is 26.0 Å². The molecule has 13 heteroatoms. The van der Waals surface area contributed by atoms with Crippen molar-refractivity contribution in [1.29, 1.82) is 0 Å². The summed E-state index contributed by atoms with van der Waals surface area (Å²) in [6.07, 6.45) is 1.47. The van der Waals surface area contributed by atoms with Gasteiger partial charge in [-0.1, -0.05) is 33.3 Å². The highest BCUT2D eigenvalue weighted by atomic mass is 79.9. The molecule has 0 unspecified atom stereocenters. The lowest BCUT2D eigenvalue weighted by molar-refractivity contribution is -0.385. The summed E-state index contributed by atoms with van der Waals surface area (Å²) < 4.78 is 18.3. The molecule has 0 saturated carbocycles. The van der Waals surface area contributed by atoms with Gasteiger partial charge in [0.15, 0.2) is 22.0 Å². The number of methoxy groups -OCH3 is 2. The molecule has 0 saturated heterocycles. The zero-order chi connectivity index (χ0) is 27.7. The Morgan fingerprint density at radius 2 is 1.95 bits per heavy atom. The highest BCUT2D eigenvalue weighted by Gasteiger charge is 2.35. The molecule has 0 spiro atoms. The van der Waals surface area contributed by atoms with Crippen molar-refractivity contribution in [3.8, 4) is 17.2 Å². The Hall–Kier alpha value is -3.97. The largest absolute Gasteiger partial charge is 0.502 e. The topological polar surface area (TPSA) is 142 Å². The number of phenolic OH excluding ortho intramolecular Hbond substituents is 1. The molecule has 4 rings (SSSR count). The fourth-order valence-corrected chi connectivity index (χ4v) is 5.68. The molecule has 2 aromatic carbocycles. The maximum Gasteiger partial charge on any atom is 0.338 e. The molecule has 38 heavy (non-hydrogen) atoms. The second-order valence-corrected chi connectivity index (χ2v) is 9.90. The van der Waals surface area contributed by atoms with Crippen molar-refractivity contribution in [2.75, 3.05) is 20.8 Å². The van der Waals surface area contributed by atoms with Crippen LogP contribution < -0.4 is 24.4 Å². The summed E-state index contributed by atoms with van der Waals surface area (Å²) in [6, 6.07) is 6.25. The van der Waals surface area contributed by atoms with Crippen LogP contribution in [0.3, 0.4) is 0 Å². The summed E-state index contributed by atoms with van der Waals surface area (Å²) in [7, 11) is 2.97. The Balaban J connectivity index is 2.00. The maximum absolute atomic E-state index is 13.8. The first-order chi connectivity index (χ1) is 18.1. The lowest BCUT2D eigenvalue weighted by atomic mass is 9.95. The van der Waals surface area contributed by atoms with Crippen LogP contribution in [0.4, 0.5) is 5.69 Å². The van der Waals surface area contributed by atoms with Crippen molar-refractivity contribution in [3.63, 3.8) is 0 Å². The molecule has 2 heterocycles. The number of nitro benzene ring substituents is 1. The van der Waals surface area contributed by atoms with Gasteiger partial charge in [-0.05, 0) is 49.2 Å². The molecular weight excluding hydrogens is 582 g/mol. The number of esters is 1. The van der Waals surface area contributed by atoms with Crippen LogP contribution in [0.25, 0.3) is 6.08 Å². The lowest BCUT2D eigenvalue weighted by Crippen LogP contribution is -2.40. The molecule has 1 N–H and O–H groups in total. The SMILES string of the molecule is CCOC(=O)C1=C(C)N=c2s/c(=C\c3ccc(O)c([N+](=O)[O-])c3)c(=O)n2[C@H]1c1cc(OC)c(OC)cc1Br. The number of aromatic hydroxyl groups is 1. The number of benzene rings is 2. The van der Waals surface area contributed by atoms with Gasteiger partial charge in [0, 0.05) is 10.5 Å². The molecule has 0 aliphatic carbocycles. The van der Waals surface area contributed by atoms with Crippen LogP contribution in [0.2, 0.25) is 0 Å². The number of aromatic nitrogens is 1. The normalized spacial score (nSPS) is 15.1. The van der Waals surface area contributed by atoms with Gasteiger partial charge in [-0.2, -0.15) is 0 Å². The van der Waals surface area contributed by atoms with E-state index < -0.39 is 33.9 Å². The van der Waals surface area contributed by atoms with Crippen molar-refractivity contribution in [1.82, 2.24) is 4.57 Å². The second kappa shape index (κ2) is 10.8. The monoisotopic (exact) mass is 603 g/mol. The van der Waals surface area contributed by atoms with Crippen molar-refractivity contribution >= 4 is 45.0 Å². The molecule has 1 atom stereocenters. The molecule has 11 nitrogen and oxygen atoms in total. The van der Waals surface area contributed by atoms with E-state index in [9.17, 15) is 24.8 Å². The Morgan fingerprint density at radius 1 is 1.26 bits per heavy atom. The zero-order valence-corrected chi connectivity index (χ0v) is 23.1. The van der Waals surface area contributed by atoms with Crippen LogP contribution in [-0.2, 0) is 9.53 Å². The van der Waals surface area contributed by atoms with Crippen LogP contribution in [0.15, 0.2) is 55.9 Å². The van der Waals surface area contributed by atoms with Gasteiger partial charge in [-0.15, -0.1) is 0 Å². The molecule has 1 aliphatic rings. The highest BCUT2D eigenvalue weighted by molar-refractivity contribution is 9.10. The molecular formula is C25H22BrN3O8S. The van der Waals surface area contributed by atoms with E-state index in [1.807, 2.05) is 0 Å². The minimum absolute atomic E-state index is 0.124. The van der Waals surface area contributed by atoms with Gasteiger partial charge in [0.05, 0.1) is 47.6 Å². The van der Waals surface area contributed by atoms with Gasteiger partial charge < -0.3 is 19.3 Å². The first-order valence-electron chi connectivity index (χ1n) is 11.2. The number of nitro groups is 1. The number of phenols is 1. The fourth-order valence-electron chi connectivity index (χ4n) is 4.09. The van der Waals surface area contributed by atoms with E-state index in [0.717, 1.165) is 11.3 Å². The van der Waals surface area contributed by atoms with Crippen molar-refractivity contribution in [2.45, 2.75) is 19.9 Å². The van der Waals surface area contributed by atoms with Crippen LogP contribution in [-0.4, -0.2) is 41.4 Å². The number of halogens is 1. The number of nitrogens with zero attached hydrogens (tertiary/aromatic N) is 3. The number of hydrogen-bond donors (Lipinski definition) is 1. The van der Waals surface area contributed by atoms with Crippen LogP contribution in [0.5, 0.6) is 17.2 Å². The van der Waals surface area contributed by atoms with Crippen LogP contribution in [0, 0.1) is 10.1 Å². The number of hydrogen-bond acceptors (Lipinski definition) is 10. The number of allylic oxidation sites excluding steroid dienone is 1. The Labute approximate surface area is 228 Å². The van der Waals surface area contributed by atoms with Crippen LogP contribution >= 0.6 is 27.3 Å². The van der Waals surface area contributed by atoms with Crippen molar-refractivity contribution < 1.29 is 29.0 Å². The Kier molecular flexibility index (Phi) is 7.69. The average molecular weight is 604 g/mol. The minimum Gasteiger partial charge on any atom is -0.502 e. The number of fused-ring (bicyclic) bond motifs is 1. The van der Waals surface area contributed by atoms with E-state index in [-0.39, 0.29) is 16.7 Å². The van der Waals surface area contributed by atoms with Gasteiger partial charge in [0.25, 0.3) is 5.56 Å². The van der Waals surface area contributed by atoms with Crippen LogP contribution in [0.1, 0.15) is 31.0 Å². The minimum atomic E-state index is -0.921. The first kappa shape index (κ1) is 27.1. The van der Waals surface area contributed by atoms with E-state index in [4.69, 9.17) is 14.2 Å². The summed E-state index contributed by atoms with van der Waals surface area (Å²) >= 11 is 4.61. The quantitative estimate of drug-likeness (QED) is 0.246. The third-order valence-corrected chi connectivity index (χ3v) is 7.48. The number of carbonyl (C=O) groups excluding carboxylic acids is 1. The Morgan fingerprint density at radius 3 is 2.58 bits per heavy atom. The number of thiazole rings is 1. The average Bonchev–Trinajstić information content (AvgIpc) is 3.18. The third-order valence-electron chi connectivity index (χ3n) is 5.81. The molecule has 0 radical (unpaired) electrons. The predicted molar refractivity (Wildman–Crippen MR) is 142 cm³/mol.